The maximum atomic E-state index is 12.6. The van der Waals surface area contributed by atoms with Crippen molar-refractivity contribution in [2.75, 3.05) is 26.7 Å². The molecule has 172 valence electrons. The average Bonchev–Trinajstić information content (AvgIpc) is 3.31. The Hall–Kier alpha value is -3.64. The Morgan fingerprint density at radius 3 is 2.76 bits per heavy atom. The molecule has 9 heteroatoms. The first-order valence-electron chi connectivity index (χ1n) is 10.9. The maximum Gasteiger partial charge on any atom is 0.359 e. The molecule has 0 radical (unpaired) electrons. The summed E-state index contributed by atoms with van der Waals surface area (Å²) < 4.78 is 6.87. The number of aliphatic hydroxyl groups is 1. The van der Waals surface area contributed by atoms with E-state index in [9.17, 15) is 19.5 Å². The van der Waals surface area contributed by atoms with E-state index in [1.807, 2.05) is 6.07 Å². The van der Waals surface area contributed by atoms with Gasteiger partial charge in [-0.2, -0.15) is 5.10 Å². The van der Waals surface area contributed by atoms with Gasteiger partial charge in [-0.1, -0.05) is 17.9 Å². The molecule has 1 aromatic heterocycles. The van der Waals surface area contributed by atoms with Crippen molar-refractivity contribution in [2.45, 2.75) is 38.8 Å². The number of nitrogens with zero attached hydrogens (tertiary/aromatic N) is 4. The lowest BCUT2D eigenvalue weighted by molar-refractivity contribution is -0.137. The molecular weight excluding hydrogens is 424 g/mol. The van der Waals surface area contributed by atoms with E-state index in [2.05, 4.69) is 16.9 Å². The molecule has 1 unspecified atom stereocenters. The van der Waals surface area contributed by atoms with Crippen molar-refractivity contribution in [3.63, 3.8) is 0 Å². The second-order valence-corrected chi connectivity index (χ2v) is 8.23. The van der Waals surface area contributed by atoms with E-state index in [-0.39, 0.29) is 24.6 Å². The van der Waals surface area contributed by atoms with Crippen LogP contribution >= 0.6 is 0 Å². The third-order valence-corrected chi connectivity index (χ3v) is 5.99. The number of esters is 1. The van der Waals surface area contributed by atoms with Gasteiger partial charge in [-0.05, 0) is 25.1 Å². The van der Waals surface area contributed by atoms with Crippen molar-refractivity contribution < 1.29 is 24.2 Å². The third-order valence-electron chi connectivity index (χ3n) is 5.99. The monoisotopic (exact) mass is 450 g/mol. The van der Waals surface area contributed by atoms with Gasteiger partial charge in [0, 0.05) is 57.6 Å². The second kappa shape index (κ2) is 8.71. The fourth-order valence-electron chi connectivity index (χ4n) is 4.13. The van der Waals surface area contributed by atoms with Crippen molar-refractivity contribution in [1.29, 1.82) is 0 Å². The summed E-state index contributed by atoms with van der Waals surface area (Å²) in [7, 11) is 1.64. The maximum absolute atomic E-state index is 12.6. The van der Waals surface area contributed by atoms with Crippen LogP contribution in [0.25, 0.3) is 5.69 Å². The number of carbonyl (C=O) groups excluding carboxylic acids is 3. The first-order valence-corrected chi connectivity index (χ1v) is 10.9. The predicted molar refractivity (Wildman–Crippen MR) is 118 cm³/mol. The highest BCUT2D eigenvalue weighted by molar-refractivity contribution is 5.91. The van der Waals surface area contributed by atoms with Crippen LogP contribution in [-0.2, 0) is 27.3 Å². The van der Waals surface area contributed by atoms with Gasteiger partial charge in [0.1, 0.15) is 0 Å². The molecule has 9 nitrogen and oxygen atoms in total. The van der Waals surface area contributed by atoms with Gasteiger partial charge in [0.25, 0.3) is 5.91 Å². The number of carbonyl (C=O) groups is 3. The molecule has 1 aromatic carbocycles. The molecule has 1 fully saturated rings. The summed E-state index contributed by atoms with van der Waals surface area (Å²) in [6.07, 6.45) is 0.801. The van der Waals surface area contributed by atoms with Crippen LogP contribution < -0.4 is 0 Å². The summed E-state index contributed by atoms with van der Waals surface area (Å²) in [5.41, 5.74) is 1.33. The summed E-state index contributed by atoms with van der Waals surface area (Å²) in [6, 6.07) is 7.21. The molecule has 1 N–H and O–H groups in total. The van der Waals surface area contributed by atoms with Gasteiger partial charge in [0.15, 0.2) is 5.69 Å². The zero-order valence-corrected chi connectivity index (χ0v) is 18.9. The largest absolute Gasteiger partial charge is 0.461 e. The van der Waals surface area contributed by atoms with Crippen molar-refractivity contribution in [3.8, 4) is 17.5 Å². The van der Waals surface area contributed by atoms with Crippen molar-refractivity contribution in [3.05, 3.63) is 46.8 Å². The van der Waals surface area contributed by atoms with E-state index in [0.29, 0.717) is 42.9 Å². The molecule has 0 saturated carbocycles. The van der Waals surface area contributed by atoms with Crippen LogP contribution in [0.4, 0.5) is 0 Å². The summed E-state index contributed by atoms with van der Waals surface area (Å²) in [5.74, 6) is 4.63. The van der Waals surface area contributed by atoms with Crippen molar-refractivity contribution in [2.24, 2.45) is 0 Å². The number of ether oxygens (including phenoxy) is 1. The Labute approximate surface area is 191 Å². The zero-order valence-electron chi connectivity index (χ0n) is 18.9. The van der Waals surface area contributed by atoms with Gasteiger partial charge in [-0.25, -0.2) is 9.48 Å². The molecule has 0 aliphatic carbocycles. The quantitative estimate of drug-likeness (QED) is 0.550. The van der Waals surface area contributed by atoms with Gasteiger partial charge in [-0.3, -0.25) is 9.59 Å². The molecule has 1 atom stereocenters. The lowest BCUT2D eigenvalue weighted by Crippen LogP contribution is -2.37. The van der Waals surface area contributed by atoms with E-state index < -0.39 is 17.5 Å². The second-order valence-electron chi connectivity index (χ2n) is 8.23. The van der Waals surface area contributed by atoms with Gasteiger partial charge in [-0.15, -0.1) is 0 Å². The third kappa shape index (κ3) is 4.22. The number of rotatable bonds is 3. The summed E-state index contributed by atoms with van der Waals surface area (Å²) in [5, 5.41) is 15.1. The highest BCUT2D eigenvalue weighted by Crippen LogP contribution is 2.27. The topological polar surface area (TPSA) is 105 Å². The van der Waals surface area contributed by atoms with Crippen LogP contribution in [0.3, 0.4) is 0 Å². The van der Waals surface area contributed by atoms with Crippen LogP contribution in [0.1, 0.15) is 47.6 Å². The van der Waals surface area contributed by atoms with E-state index >= 15 is 0 Å². The molecule has 3 heterocycles. The molecule has 4 rings (SSSR count). The van der Waals surface area contributed by atoms with Gasteiger partial charge in [0.2, 0.25) is 11.5 Å². The van der Waals surface area contributed by atoms with E-state index in [1.54, 1.807) is 41.8 Å². The lowest BCUT2D eigenvalue weighted by atomic mass is 10.0. The number of likely N-dealkylation sites (N-methyl/N-ethyl adjacent to an activating group) is 1. The summed E-state index contributed by atoms with van der Waals surface area (Å²) in [6.45, 7) is 4.73. The number of benzene rings is 1. The smallest absolute Gasteiger partial charge is 0.359 e. The van der Waals surface area contributed by atoms with E-state index in [1.165, 1.54) is 11.8 Å². The Balaban J connectivity index is 1.71. The minimum atomic E-state index is -1.68. The van der Waals surface area contributed by atoms with Crippen LogP contribution in [0.5, 0.6) is 0 Å². The predicted octanol–water partition coefficient (Wildman–Crippen LogP) is 0.898. The fraction of sp³-hybridized carbons (Fsp3) is 0.417. The number of amides is 2. The van der Waals surface area contributed by atoms with Crippen molar-refractivity contribution >= 4 is 17.8 Å². The van der Waals surface area contributed by atoms with Gasteiger partial charge < -0.3 is 19.6 Å². The highest BCUT2D eigenvalue weighted by Gasteiger charge is 2.42. The van der Waals surface area contributed by atoms with Crippen LogP contribution in [0.15, 0.2) is 24.3 Å². The number of hydrogen-bond donors (Lipinski definition) is 1. The van der Waals surface area contributed by atoms with Crippen LogP contribution in [0.2, 0.25) is 0 Å². The number of hydrogen-bond acceptors (Lipinski definition) is 6. The SMILES string of the molecule is CCOC(=O)c1nn(-c2cccc(C#CC3(O)CCN(C)C3=O)c2)c2c1CN(C(C)=O)CC2. The van der Waals surface area contributed by atoms with E-state index in [0.717, 1.165) is 5.69 Å². The standard InChI is InChI=1S/C24H26N4O5/c1-4-33-22(30)21-19-15-27(16(2)29)12-9-20(19)28(25-21)18-7-5-6-17(14-18)8-10-24(32)11-13-26(3)23(24)31/h5-7,14,32H,4,9,11-13,15H2,1-3H3. The molecule has 2 aromatic rings. The molecule has 1 saturated heterocycles. The molecule has 2 aliphatic heterocycles. The van der Waals surface area contributed by atoms with Crippen LogP contribution in [-0.4, -0.2) is 74.8 Å². The Kier molecular flexibility index (Phi) is 5.95. The number of fused-ring (bicyclic) bond motifs is 1. The normalized spacial score (nSPS) is 19.7. The summed E-state index contributed by atoms with van der Waals surface area (Å²) >= 11 is 0. The minimum Gasteiger partial charge on any atom is -0.461 e. The summed E-state index contributed by atoms with van der Waals surface area (Å²) in [4.78, 5) is 39.8. The lowest BCUT2D eigenvalue weighted by Gasteiger charge is -2.26. The molecule has 0 spiro atoms. The Morgan fingerprint density at radius 2 is 2.09 bits per heavy atom. The molecule has 2 aliphatic rings. The van der Waals surface area contributed by atoms with Gasteiger partial charge in [0.05, 0.1) is 18.0 Å². The highest BCUT2D eigenvalue weighted by atomic mass is 16.5. The zero-order chi connectivity index (χ0) is 23.8. The molecule has 0 bridgehead atoms. The number of aromatic nitrogens is 2. The van der Waals surface area contributed by atoms with E-state index in [4.69, 9.17) is 4.74 Å². The molecule has 33 heavy (non-hydrogen) atoms. The van der Waals surface area contributed by atoms with Crippen molar-refractivity contribution in [1.82, 2.24) is 19.6 Å². The van der Waals surface area contributed by atoms with Crippen LogP contribution in [0, 0.1) is 11.8 Å². The minimum absolute atomic E-state index is 0.0643. The Bertz CT molecular complexity index is 1190. The molecule has 2 amide bonds. The first-order chi connectivity index (χ1) is 15.7. The number of likely N-dealkylation sites (tertiary alicyclic amines) is 1. The fourth-order valence-corrected chi connectivity index (χ4v) is 4.13. The molecular formula is C24H26N4O5. The average molecular weight is 450 g/mol. The van der Waals surface area contributed by atoms with Gasteiger partial charge >= 0.3 is 5.97 Å². The first kappa shape index (κ1) is 22.6. The Morgan fingerprint density at radius 1 is 1.30 bits per heavy atom.